The van der Waals surface area contributed by atoms with Gasteiger partial charge >= 0.3 is 0 Å². The number of unbranched alkanes of at least 4 members (excludes halogenated alkanes) is 25. The summed E-state index contributed by atoms with van der Waals surface area (Å²) in [5.74, 6) is -0.212. The predicted octanol–water partition coefficient (Wildman–Crippen LogP) is 7.72. The summed E-state index contributed by atoms with van der Waals surface area (Å²) < 4.78 is 22.7. The first-order valence-electron chi connectivity index (χ1n) is 27.1. The van der Waals surface area contributed by atoms with E-state index in [9.17, 15) is 45.6 Å². The first-order chi connectivity index (χ1) is 32.6. The number of hydrogen-bond acceptors (Lipinski definition) is 13. The van der Waals surface area contributed by atoms with Gasteiger partial charge in [-0.1, -0.05) is 186 Å². The third-order valence-corrected chi connectivity index (χ3v) is 13.4. The monoisotopic (exact) mass is 958 g/mol. The predicted molar refractivity (Wildman–Crippen MR) is 263 cm³/mol. The highest BCUT2D eigenvalue weighted by Gasteiger charge is 2.51. The van der Waals surface area contributed by atoms with Crippen molar-refractivity contribution in [3.63, 3.8) is 0 Å². The van der Waals surface area contributed by atoms with Crippen molar-refractivity contribution in [2.75, 3.05) is 19.8 Å². The number of ether oxygens (including phenoxy) is 4. The number of nitrogens with one attached hydrogen (secondary N) is 1. The van der Waals surface area contributed by atoms with Crippen LogP contribution in [0.25, 0.3) is 0 Å². The second-order valence-electron chi connectivity index (χ2n) is 19.4. The van der Waals surface area contributed by atoms with Crippen molar-refractivity contribution in [3.8, 4) is 0 Å². The van der Waals surface area contributed by atoms with Crippen LogP contribution in [0.2, 0.25) is 0 Å². The van der Waals surface area contributed by atoms with E-state index in [4.69, 9.17) is 18.9 Å². The zero-order chi connectivity index (χ0) is 48.9. The van der Waals surface area contributed by atoms with Gasteiger partial charge in [-0.15, -0.1) is 0 Å². The van der Waals surface area contributed by atoms with Crippen LogP contribution in [0.1, 0.15) is 213 Å². The molecule has 1 amide bonds. The van der Waals surface area contributed by atoms with Crippen LogP contribution in [0.3, 0.4) is 0 Å². The summed E-state index contributed by atoms with van der Waals surface area (Å²) in [5.41, 5.74) is 0. The standard InChI is InChI=1S/C53H99NO13/c1-3-5-7-9-11-12-13-14-15-16-17-18-19-20-21-22-23-24-25-26-27-28-29-30-31-33-35-37-45(58)54-41(42(57)36-34-32-10-8-6-4-2)40-64-52-50(63)48(61)51(44(39-56)66-52)67-53-49(62)47(60)46(59)43(38-55)65-53/h13-14,16-17,41-44,46-53,55-57,59-63H,3-12,15,18-40H2,1-2H3,(H,54,58)/b14-13-,17-16-. The molecule has 14 heteroatoms. The lowest BCUT2D eigenvalue weighted by atomic mass is 9.97. The molecule has 0 aliphatic carbocycles. The molecule has 2 saturated heterocycles. The number of amides is 1. The fraction of sp³-hybridized carbons (Fsp3) is 0.906. The average molecular weight is 958 g/mol. The molecule has 0 aromatic heterocycles. The summed E-state index contributed by atoms with van der Waals surface area (Å²) in [4.78, 5) is 13.1. The fourth-order valence-corrected chi connectivity index (χ4v) is 8.97. The van der Waals surface area contributed by atoms with Gasteiger partial charge in [-0.3, -0.25) is 4.79 Å². The second-order valence-corrected chi connectivity index (χ2v) is 19.4. The molecule has 12 unspecified atom stereocenters. The van der Waals surface area contributed by atoms with E-state index in [0.29, 0.717) is 12.8 Å². The number of aliphatic hydroxyl groups is 8. The molecule has 0 spiro atoms. The van der Waals surface area contributed by atoms with Crippen LogP contribution in [-0.2, 0) is 23.7 Å². The highest BCUT2D eigenvalue weighted by Crippen LogP contribution is 2.30. The van der Waals surface area contributed by atoms with E-state index in [1.807, 2.05) is 0 Å². The molecular weight excluding hydrogens is 859 g/mol. The molecule has 2 aliphatic rings. The minimum Gasteiger partial charge on any atom is -0.394 e. The first kappa shape index (κ1) is 61.6. The van der Waals surface area contributed by atoms with E-state index in [0.717, 1.165) is 70.6 Å². The third kappa shape index (κ3) is 27.0. The SMILES string of the molecule is CCCCCCC/C=C\C/C=C\CCCCCCCCCCCCCCCCCC(=O)NC(COC1OC(CO)C(OC2OC(CO)C(O)C(O)C2O)C(O)C1O)C(O)CCCCCCCC. The summed E-state index contributed by atoms with van der Waals surface area (Å²) in [6.07, 6.45) is 28.1. The molecule has 0 aromatic rings. The Labute approximate surface area is 405 Å². The molecule has 2 aliphatic heterocycles. The van der Waals surface area contributed by atoms with E-state index in [1.165, 1.54) is 116 Å². The van der Waals surface area contributed by atoms with Crippen molar-refractivity contribution in [2.24, 2.45) is 0 Å². The minimum absolute atomic E-state index is 0.212. The number of aliphatic hydroxyl groups excluding tert-OH is 8. The van der Waals surface area contributed by atoms with Crippen molar-refractivity contribution < 1.29 is 64.6 Å². The van der Waals surface area contributed by atoms with Gasteiger partial charge in [0.2, 0.25) is 5.91 Å². The summed E-state index contributed by atoms with van der Waals surface area (Å²) in [6.45, 7) is 2.77. The van der Waals surface area contributed by atoms with Crippen LogP contribution in [0, 0.1) is 0 Å². The van der Waals surface area contributed by atoms with Gasteiger partial charge in [0, 0.05) is 6.42 Å². The van der Waals surface area contributed by atoms with Gasteiger partial charge in [0.1, 0.15) is 48.8 Å². The molecule has 2 rings (SSSR count). The normalized spacial score (nSPS) is 26.7. The second kappa shape index (κ2) is 40.1. The Bertz CT molecular complexity index is 1220. The van der Waals surface area contributed by atoms with Crippen molar-refractivity contribution >= 4 is 5.91 Å². The van der Waals surface area contributed by atoms with Gasteiger partial charge in [-0.05, 0) is 44.9 Å². The molecule has 67 heavy (non-hydrogen) atoms. The molecule has 14 nitrogen and oxygen atoms in total. The smallest absolute Gasteiger partial charge is 0.220 e. The number of carbonyl (C=O) groups excluding carboxylic acids is 1. The number of carbonyl (C=O) groups is 1. The molecule has 2 fully saturated rings. The highest BCUT2D eigenvalue weighted by molar-refractivity contribution is 5.76. The summed E-state index contributed by atoms with van der Waals surface area (Å²) in [7, 11) is 0. The molecule has 394 valence electrons. The maximum Gasteiger partial charge on any atom is 0.220 e. The molecule has 0 saturated carbocycles. The van der Waals surface area contributed by atoms with E-state index < -0.39 is 86.8 Å². The van der Waals surface area contributed by atoms with Gasteiger partial charge in [-0.25, -0.2) is 0 Å². The van der Waals surface area contributed by atoms with Gasteiger partial charge < -0.3 is 65.1 Å². The third-order valence-electron chi connectivity index (χ3n) is 13.4. The maximum absolute atomic E-state index is 13.1. The zero-order valence-electron chi connectivity index (χ0n) is 41.9. The van der Waals surface area contributed by atoms with Crippen molar-refractivity contribution in [1.29, 1.82) is 0 Å². The minimum atomic E-state index is -1.78. The lowest BCUT2D eigenvalue weighted by Crippen LogP contribution is -2.65. The summed E-state index contributed by atoms with van der Waals surface area (Å²) in [5, 5.41) is 86.5. The Morgan fingerprint density at radius 1 is 0.537 bits per heavy atom. The fourth-order valence-electron chi connectivity index (χ4n) is 8.97. The topological polar surface area (TPSA) is 228 Å². The average Bonchev–Trinajstić information content (AvgIpc) is 3.32. The molecule has 2 heterocycles. The number of rotatable bonds is 42. The van der Waals surface area contributed by atoms with Crippen LogP contribution in [0.4, 0.5) is 0 Å². The number of hydrogen-bond donors (Lipinski definition) is 9. The first-order valence-corrected chi connectivity index (χ1v) is 27.1. The quantitative estimate of drug-likeness (QED) is 0.0211. The summed E-state index contributed by atoms with van der Waals surface area (Å²) >= 11 is 0. The lowest BCUT2D eigenvalue weighted by molar-refractivity contribution is -0.359. The van der Waals surface area contributed by atoms with Crippen LogP contribution < -0.4 is 5.32 Å². The highest BCUT2D eigenvalue weighted by atomic mass is 16.7. The largest absolute Gasteiger partial charge is 0.394 e. The van der Waals surface area contributed by atoms with Crippen LogP contribution in [0.15, 0.2) is 24.3 Å². The van der Waals surface area contributed by atoms with E-state index in [1.54, 1.807) is 0 Å². The van der Waals surface area contributed by atoms with Crippen LogP contribution >= 0.6 is 0 Å². The Balaban J connectivity index is 1.63. The Hall–Kier alpha value is -1.53. The zero-order valence-corrected chi connectivity index (χ0v) is 41.9. The van der Waals surface area contributed by atoms with Crippen molar-refractivity contribution in [2.45, 2.75) is 286 Å². The van der Waals surface area contributed by atoms with Crippen molar-refractivity contribution in [1.82, 2.24) is 5.32 Å². The Kier molecular flexibility index (Phi) is 36.9. The molecule has 9 N–H and O–H groups in total. The van der Waals surface area contributed by atoms with Gasteiger partial charge in [-0.2, -0.15) is 0 Å². The Morgan fingerprint density at radius 2 is 0.985 bits per heavy atom. The van der Waals surface area contributed by atoms with E-state index in [-0.39, 0.29) is 12.5 Å². The van der Waals surface area contributed by atoms with E-state index in [2.05, 4.69) is 43.5 Å². The molecule has 0 bridgehead atoms. The van der Waals surface area contributed by atoms with Gasteiger partial charge in [0.15, 0.2) is 12.6 Å². The number of allylic oxidation sites excluding steroid dienone is 4. The molecular formula is C53H99NO13. The van der Waals surface area contributed by atoms with Crippen LogP contribution in [0.5, 0.6) is 0 Å². The molecule has 0 radical (unpaired) electrons. The van der Waals surface area contributed by atoms with Crippen LogP contribution in [-0.4, -0.2) is 140 Å². The lowest BCUT2D eigenvalue weighted by Gasteiger charge is -2.46. The van der Waals surface area contributed by atoms with Gasteiger partial charge in [0.05, 0.1) is 32.0 Å². The molecule has 12 atom stereocenters. The molecule has 0 aromatic carbocycles. The van der Waals surface area contributed by atoms with E-state index >= 15 is 0 Å². The summed E-state index contributed by atoms with van der Waals surface area (Å²) in [6, 6.07) is -0.823. The van der Waals surface area contributed by atoms with Crippen molar-refractivity contribution in [3.05, 3.63) is 24.3 Å². The Morgan fingerprint density at radius 3 is 1.49 bits per heavy atom. The van der Waals surface area contributed by atoms with Gasteiger partial charge in [0.25, 0.3) is 0 Å². The maximum atomic E-state index is 13.1.